The summed E-state index contributed by atoms with van der Waals surface area (Å²) in [6.45, 7) is -0.327. The van der Waals surface area contributed by atoms with Crippen molar-refractivity contribution in [3.05, 3.63) is 65.2 Å². The zero-order valence-corrected chi connectivity index (χ0v) is 12.0. The Morgan fingerprint density at radius 1 is 1.04 bits per heavy atom. The van der Waals surface area contributed by atoms with E-state index in [2.05, 4.69) is 5.32 Å². The van der Waals surface area contributed by atoms with Crippen molar-refractivity contribution in [2.45, 2.75) is 6.54 Å². The molecule has 0 saturated carbocycles. The lowest BCUT2D eigenvalue weighted by atomic mass is 10.2. The van der Waals surface area contributed by atoms with Crippen LogP contribution in [0.2, 0.25) is 0 Å². The molecule has 0 saturated heterocycles. The Hall–Kier alpha value is -2.96. The van der Waals surface area contributed by atoms with Gasteiger partial charge < -0.3 is 15.8 Å². The molecule has 1 amide bonds. The molecule has 0 unspecified atom stereocenters. The average molecular weight is 320 g/mol. The number of nitrogens with one attached hydrogen (secondary N) is 1. The van der Waals surface area contributed by atoms with Crippen molar-refractivity contribution >= 4 is 17.6 Å². The number of benzene rings is 2. The minimum absolute atomic E-state index is 0.0160. The summed E-state index contributed by atoms with van der Waals surface area (Å²) in [6.07, 6.45) is 0. The first kappa shape index (κ1) is 16.4. The SMILES string of the molecule is Nc1cc(F)ccc1C(=O)OCC(=O)NCc1ccc(F)cc1. The van der Waals surface area contributed by atoms with E-state index in [1.54, 1.807) is 0 Å². The second-order valence-corrected chi connectivity index (χ2v) is 4.71. The molecule has 2 aromatic rings. The van der Waals surface area contributed by atoms with Crippen LogP contribution >= 0.6 is 0 Å². The average Bonchev–Trinajstić information content (AvgIpc) is 2.52. The largest absolute Gasteiger partial charge is 0.452 e. The third-order valence-corrected chi connectivity index (χ3v) is 2.97. The number of hydrogen-bond acceptors (Lipinski definition) is 4. The zero-order valence-electron chi connectivity index (χ0n) is 12.0. The fraction of sp³-hybridized carbons (Fsp3) is 0.125. The summed E-state index contributed by atoms with van der Waals surface area (Å²) >= 11 is 0. The highest BCUT2D eigenvalue weighted by Crippen LogP contribution is 2.14. The second kappa shape index (κ2) is 7.35. The molecule has 0 aromatic heterocycles. The summed E-state index contributed by atoms with van der Waals surface area (Å²) in [5.74, 6) is -2.29. The summed E-state index contributed by atoms with van der Waals surface area (Å²) in [5.41, 5.74) is 6.12. The quantitative estimate of drug-likeness (QED) is 0.652. The number of ether oxygens (including phenoxy) is 1. The van der Waals surface area contributed by atoms with Gasteiger partial charge in [-0.3, -0.25) is 4.79 Å². The lowest BCUT2D eigenvalue weighted by molar-refractivity contribution is -0.124. The van der Waals surface area contributed by atoms with E-state index in [1.807, 2.05) is 0 Å². The molecule has 5 nitrogen and oxygen atoms in total. The monoisotopic (exact) mass is 320 g/mol. The molecular formula is C16H14F2N2O3. The van der Waals surface area contributed by atoms with E-state index < -0.39 is 24.3 Å². The van der Waals surface area contributed by atoms with Crippen molar-refractivity contribution in [1.29, 1.82) is 0 Å². The molecule has 0 heterocycles. The molecular weight excluding hydrogens is 306 g/mol. The lowest BCUT2D eigenvalue weighted by Crippen LogP contribution is -2.28. The Bertz CT molecular complexity index is 718. The topological polar surface area (TPSA) is 81.4 Å². The van der Waals surface area contributed by atoms with E-state index in [4.69, 9.17) is 10.5 Å². The second-order valence-electron chi connectivity index (χ2n) is 4.71. The molecule has 0 fully saturated rings. The van der Waals surface area contributed by atoms with Crippen molar-refractivity contribution in [1.82, 2.24) is 5.32 Å². The van der Waals surface area contributed by atoms with Crippen LogP contribution < -0.4 is 11.1 Å². The van der Waals surface area contributed by atoms with Gasteiger partial charge in [-0.1, -0.05) is 12.1 Å². The van der Waals surface area contributed by atoms with Gasteiger partial charge in [0.15, 0.2) is 6.61 Å². The molecule has 2 aromatic carbocycles. The predicted octanol–water partition coefficient (Wildman–Crippen LogP) is 2.02. The van der Waals surface area contributed by atoms with Crippen LogP contribution in [0.5, 0.6) is 0 Å². The molecule has 3 N–H and O–H groups in total. The first-order valence-electron chi connectivity index (χ1n) is 6.69. The van der Waals surface area contributed by atoms with Crippen molar-refractivity contribution in [3.8, 4) is 0 Å². The number of carbonyl (C=O) groups is 2. The summed E-state index contributed by atoms with van der Waals surface area (Å²) in [5, 5.41) is 2.52. The predicted molar refractivity (Wildman–Crippen MR) is 79.3 cm³/mol. The number of nitrogens with two attached hydrogens (primary N) is 1. The van der Waals surface area contributed by atoms with Crippen LogP contribution in [0.4, 0.5) is 14.5 Å². The van der Waals surface area contributed by atoms with Crippen molar-refractivity contribution in [3.63, 3.8) is 0 Å². The van der Waals surface area contributed by atoms with Crippen LogP contribution in [0.25, 0.3) is 0 Å². The maximum Gasteiger partial charge on any atom is 0.340 e. The van der Waals surface area contributed by atoms with Crippen LogP contribution in [0.15, 0.2) is 42.5 Å². The van der Waals surface area contributed by atoms with Crippen LogP contribution in [0, 0.1) is 11.6 Å². The number of carbonyl (C=O) groups excluding carboxylic acids is 2. The molecule has 0 spiro atoms. The Balaban J connectivity index is 1.81. The van der Waals surface area contributed by atoms with E-state index in [0.29, 0.717) is 5.56 Å². The Morgan fingerprint density at radius 2 is 1.70 bits per heavy atom. The standard InChI is InChI=1S/C16H14F2N2O3/c17-11-3-1-10(2-4-11)8-20-15(21)9-23-16(22)13-6-5-12(18)7-14(13)19/h1-7H,8-9,19H2,(H,20,21). The van der Waals surface area contributed by atoms with Crippen LogP contribution in [-0.4, -0.2) is 18.5 Å². The first-order chi connectivity index (χ1) is 11.0. The van der Waals surface area contributed by atoms with Gasteiger partial charge in [0.05, 0.1) is 5.56 Å². The van der Waals surface area contributed by atoms with Gasteiger partial charge in [0, 0.05) is 12.2 Å². The lowest BCUT2D eigenvalue weighted by Gasteiger charge is -2.08. The van der Waals surface area contributed by atoms with Crippen molar-refractivity contribution < 1.29 is 23.1 Å². The number of halogens is 2. The number of rotatable bonds is 5. The van der Waals surface area contributed by atoms with Gasteiger partial charge in [-0.2, -0.15) is 0 Å². The van der Waals surface area contributed by atoms with Gasteiger partial charge in [-0.05, 0) is 35.9 Å². The van der Waals surface area contributed by atoms with Crippen LogP contribution in [0.3, 0.4) is 0 Å². The highest BCUT2D eigenvalue weighted by molar-refractivity contribution is 5.96. The van der Waals surface area contributed by atoms with Crippen molar-refractivity contribution in [2.75, 3.05) is 12.3 Å². The van der Waals surface area contributed by atoms with Gasteiger partial charge in [0.2, 0.25) is 0 Å². The fourth-order valence-electron chi connectivity index (χ4n) is 1.78. The number of anilines is 1. The van der Waals surface area contributed by atoms with E-state index in [0.717, 1.165) is 12.1 Å². The zero-order chi connectivity index (χ0) is 16.8. The molecule has 0 radical (unpaired) electrons. The molecule has 0 aliphatic heterocycles. The van der Waals surface area contributed by atoms with Gasteiger partial charge in [-0.15, -0.1) is 0 Å². The summed E-state index contributed by atoms with van der Waals surface area (Å²) in [4.78, 5) is 23.4. The number of nitrogen functional groups attached to an aromatic ring is 1. The van der Waals surface area contributed by atoms with Gasteiger partial charge in [0.1, 0.15) is 11.6 Å². The smallest absolute Gasteiger partial charge is 0.340 e. The van der Waals surface area contributed by atoms with Crippen LogP contribution in [0.1, 0.15) is 15.9 Å². The molecule has 120 valence electrons. The Labute approximate surface area is 131 Å². The highest BCUT2D eigenvalue weighted by atomic mass is 19.1. The number of esters is 1. The molecule has 0 aliphatic carbocycles. The van der Waals surface area contributed by atoms with E-state index in [1.165, 1.54) is 30.3 Å². The Kier molecular flexibility index (Phi) is 5.24. The third-order valence-electron chi connectivity index (χ3n) is 2.97. The van der Waals surface area contributed by atoms with E-state index in [-0.39, 0.29) is 23.6 Å². The van der Waals surface area contributed by atoms with Crippen molar-refractivity contribution in [2.24, 2.45) is 0 Å². The van der Waals surface area contributed by atoms with Gasteiger partial charge in [-0.25, -0.2) is 13.6 Å². The Morgan fingerprint density at radius 3 is 2.35 bits per heavy atom. The highest BCUT2D eigenvalue weighted by Gasteiger charge is 2.13. The van der Waals surface area contributed by atoms with Gasteiger partial charge in [0.25, 0.3) is 5.91 Å². The number of hydrogen-bond donors (Lipinski definition) is 2. The minimum atomic E-state index is -0.820. The molecule has 0 aliphatic rings. The fourth-order valence-corrected chi connectivity index (χ4v) is 1.78. The summed E-state index contributed by atoms with van der Waals surface area (Å²) in [7, 11) is 0. The normalized spacial score (nSPS) is 10.2. The maximum atomic E-state index is 12.9. The molecule has 2 rings (SSSR count). The summed E-state index contributed by atoms with van der Waals surface area (Å²) < 4.78 is 30.4. The molecule has 0 atom stereocenters. The molecule has 7 heteroatoms. The first-order valence-corrected chi connectivity index (χ1v) is 6.69. The van der Waals surface area contributed by atoms with E-state index in [9.17, 15) is 18.4 Å². The third kappa shape index (κ3) is 4.77. The maximum absolute atomic E-state index is 12.9. The molecule has 23 heavy (non-hydrogen) atoms. The minimum Gasteiger partial charge on any atom is -0.452 e. The summed E-state index contributed by atoms with van der Waals surface area (Å²) in [6, 6.07) is 8.86. The van der Waals surface area contributed by atoms with Gasteiger partial charge >= 0.3 is 5.97 Å². The molecule has 0 bridgehead atoms. The van der Waals surface area contributed by atoms with Crippen LogP contribution in [-0.2, 0) is 16.1 Å². The van der Waals surface area contributed by atoms with E-state index >= 15 is 0 Å². The number of amides is 1.